The molecule has 0 aromatic heterocycles. The van der Waals surface area contributed by atoms with Crippen LogP contribution in [0.4, 0.5) is 13.2 Å². The second-order valence-electron chi connectivity index (χ2n) is 3.15. The van der Waals surface area contributed by atoms with Crippen LogP contribution in [0.15, 0.2) is 24.3 Å². The van der Waals surface area contributed by atoms with Crippen molar-refractivity contribution in [1.82, 2.24) is 0 Å². The maximum atomic E-state index is 12.3. The van der Waals surface area contributed by atoms with Gasteiger partial charge >= 0.3 is 6.18 Å². The van der Waals surface area contributed by atoms with Gasteiger partial charge in [0.05, 0.1) is 11.7 Å². The van der Waals surface area contributed by atoms with Crippen molar-refractivity contribution in [1.29, 1.82) is 0 Å². The van der Waals surface area contributed by atoms with Crippen molar-refractivity contribution >= 4 is 0 Å². The Kier molecular flexibility index (Phi) is 3.71. The van der Waals surface area contributed by atoms with E-state index in [0.29, 0.717) is 0 Å². The lowest BCUT2D eigenvalue weighted by molar-refractivity contribution is -0.137. The van der Waals surface area contributed by atoms with Crippen molar-refractivity contribution in [3.8, 4) is 0 Å². The minimum Gasteiger partial charge on any atom is -0.396 e. The van der Waals surface area contributed by atoms with Gasteiger partial charge in [0.25, 0.3) is 0 Å². The molecule has 2 nitrogen and oxygen atoms in total. The van der Waals surface area contributed by atoms with E-state index < -0.39 is 17.8 Å². The highest BCUT2D eigenvalue weighted by Crippen LogP contribution is 2.31. The highest BCUT2D eigenvalue weighted by atomic mass is 19.4. The van der Waals surface area contributed by atoms with Crippen LogP contribution in [0.3, 0.4) is 0 Å². The lowest BCUT2D eigenvalue weighted by Crippen LogP contribution is -2.07. The first-order valence-electron chi connectivity index (χ1n) is 4.41. The highest BCUT2D eigenvalue weighted by Gasteiger charge is 2.30. The van der Waals surface area contributed by atoms with Gasteiger partial charge in [-0.2, -0.15) is 13.2 Å². The second kappa shape index (κ2) is 4.63. The van der Waals surface area contributed by atoms with E-state index in [4.69, 9.17) is 5.11 Å². The molecule has 1 aromatic carbocycles. The molecule has 2 N–H and O–H groups in total. The van der Waals surface area contributed by atoms with Crippen molar-refractivity contribution < 1.29 is 23.4 Å². The van der Waals surface area contributed by atoms with Crippen LogP contribution in [0.1, 0.15) is 23.7 Å². The number of rotatable bonds is 3. The molecule has 5 heteroatoms. The summed E-state index contributed by atoms with van der Waals surface area (Å²) in [7, 11) is 0. The van der Waals surface area contributed by atoms with Gasteiger partial charge in [-0.05, 0) is 17.7 Å². The highest BCUT2D eigenvalue weighted by molar-refractivity contribution is 5.27. The Balaban J connectivity index is 2.92. The van der Waals surface area contributed by atoms with Crippen molar-refractivity contribution in [3.63, 3.8) is 0 Å². The van der Waals surface area contributed by atoms with Gasteiger partial charge in [-0.3, -0.25) is 0 Å². The van der Waals surface area contributed by atoms with Crippen LogP contribution in [0, 0.1) is 0 Å². The molecule has 0 fully saturated rings. The summed E-state index contributed by atoms with van der Waals surface area (Å²) in [5, 5.41) is 17.9. The standard InChI is InChI=1S/C10H11F3O2/c11-10(12,13)8-3-1-2-7(6-8)9(15)4-5-14/h1-3,6,9,14-15H,4-5H2. The Labute approximate surface area is 85.0 Å². The van der Waals surface area contributed by atoms with E-state index in [1.165, 1.54) is 12.1 Å². The number of hydrogen-bond donors (Lipinski definition) is 2. The maximum absolute atomic E-state index is 12.3. The molecule has 0 amide bonds. The molecule has 1 unspecified atom stereocenters. The number of aliphatic hydroxyl groups excluding tert-OH is 2. The van der Waals surface area contributed by atoms with Crippen LogP contribution in [-0.4, -0.2) is 16.8 Å². The van der Waals surface area contributed by atoms with Crippen LogP contribution in [0.25, 0.3) is 0 Å². The molecule has 1 atom stereocenters. The molecule has 0 aliphatic carbocycles. The van der Waals surface area contributed by atoms with E-state index >= 15 is 0 Å². The molecular weight excluding hydrogens is 209 g/mol. The zero-order valence-corrected chi connectivity index (χ0v) is 7.83. The fraction of sp³-hybridized carbons (Fsp3) is 0.400. The van der Waals surface area contributed by atoms with Gasteiger partial charge in [0.2, 0.25) is 0 Å². The van der Waals surface area contributed by atoms with Gasteiger partial charge in [-0.1, -0.05) is 12.1 Å². The number of hydrogen-bond acceptors (Lipinski definition) is 2. The van der Waals surface area contributed by atoms with Gasteiger partial charge < -0.3 is 10.2 Å². The summed E-state index contributed by atoms with van der Waals surface area (Å²) in [5.74, 6) is 0. The third-order valence-corrected chi connectivity index (χ3v) is 2.00. The molecule has 0 spiro atoms. The molecule has 0 saturated carbocycles. The largest absolute Gasteiger partial charge is 0.416 e. The average molecular weight is 220 g/mol. The average Bonchev–Trinajstić information content (AvgIpc) is 2.17. The molecule has 15 heavy (non-hydrogen) atoms. The molecule has 84 valence electrons. The van der Waals surface area contributed by atoms with Crippen molar-refractivity contribution in [2.24, 2.45) is 0 Å². The Morgan fingerprint density at radius 2 is 1.93 bits per heavy atom. The lowest BCUT2D eigenvalue weighted by atomic mass is 10.0. The topological polar surface area (TPSA) is 40.5 Å². The zero-order valence-electron chi connectivity index (χ0n) is 7.83. The first-order chi connectivity index (χ1) is 6.95. The van der Waals surface area contributed by atoms with Crippen molar-refractivity contribution in [3.05, 3.63) is 35.4 Å². The van der Waals surface area contributed by atoms with E-state index in [2.05, 4.69) is 0 Å². The van der Waals surface area contributed by atoms with Gasteiger partial charge in [0, 0.05) is 13.0 Å². The van der Waals surface area contributed by atoms with Gasteiger partial charge in [0.15, 0.2) is 0 Å². The van der Waals surface area contributed by atoms with E-state index in [0.717, 1.165) is 12.1 Å². The van der Waals surface area contributed by atoms with Crippen LogP contribution >= 0.6 is 0 Å². The molecule has 0 saturated heterocycles. The first kappa shape index (κ1) is 12.0. The molecule has 0 radical (unpaired) electrons. The van der Waals surface area contributed by atoms with Gasteiger partial charge in [0.1, 0.15) is 0 Å². The van der Waals surface area contributed by atoms with E-state index in [-0.39, 0.29) is 18.6 Å². The monoisotopic (exact) mass is 220 g/mol. The summed E-state index contributed by atoms with van der Waals surface area (Å²) in [5.41, 5.74) is -0.629. The Hall–Kier alpha value is -1.07. The third kappa shape index (κ3) is 3.21. The quantitative estimate of drug-likeness (QED) is 0.819. The Morgan fingerprint density at radius 3 is 2.47 bits per heavy atom. The third-order valence-electron chi connectivity index (χ3n) is 2.00. The molecule has 1 rings (SSSR count). The summed E-state index contributed by atoms with van der Waals surface area (Å²) in [6.07, 6.45) is -5.44. The Bertz CT molecular complexity index is 323. The van der Waals surface area contributed by atoms with Crippen molar-refractivity contribution in [2.45, 2.75) is 18.7 Å². The Morgan fingerprint density at radius 1 is 1.27 bits per heavy atom. The van der Waals surface area contributed by atoms with E-state index in [1.54, 1.807) is 0 Å². The number of alkyl halides is 3. The predicted molar refractivity (Wildman–Crippen MR) is 48.1 cm³/mol. The second-order valence-corrected chi connectivity index (χ2v) is 3.15. The zero-order chi connectivity index (χ0) is 11.5. The van der Waals surface area contributed by atoms with Gasteiger partial charge in [-0.25, -0.2) is 0 Å². The predicted octanol–water partition coefficient (Wildman–Crippen LogP) is 2.12. The number of aliphatic hydroxyl groups is 2. The normalized spacial score (nSPS) is 13.9. The molecule has 0 aliphatic heterocycles. The fourth-order valence-electron chi connectivity index (χ4n) is 1.21. The molecule has 0 aliphatic rings. The minimum absolute atomic E-state index is 0.0291. The maximum Gasteiger partial charge on any atom is 0.416 e. The number of benzene rings is 1. The van der Waals surface area contributed by atoms with E-state index in [9.17, 15) is 18.3 Å². The minimum atomic E-state index is -4.41. The fourth-order valence-corrected chi connectivity index (χ4v) is 1.21. The lowest BCUT2D eigenvalue weighted by Gasteiger charge is -2.12. The first-order valence-corrected chi connectivity index (χ1v) is 4.41. The van der Waals surface area contributed by atoms with Gasteiger partial charge in [-0.15, -0.1) is 0 Å². The van der Waals surface area contributed by atoms with Crippen molar-refractivity contribution in [2.75, 3.05) is 6.61 Å². The number of halogens is 3. The van der Waals surface area contributed by atoms with Crippen LogP contribution in [-0.2, 0) is 6.18 Å². The molecule has 0 bridgehead atoms. The molecular formula is C10H11F3O2. The molecule has 0 heterocycles. The summed E-state index contributed by atoms with van der Waals surface area (Å²) in [6.45, 7) is -0.266. The summed E-state index contributed by atoms with van der Waals surface area (Å²) >= 11 is 0. The van der Waals surface area contributed by atoms with Crippen LogP contribution in [0.5, 0.6) is 0 Å². The SMILES string of the molecule is OCCC(O)c1cccc(C(F)(F)F)c1. The molecule has 1 aromatic rings. The smallest absolute Gasteiger partial charge is 0.396 e. The van der Waals surface area contributed by atoms with Crippen LogP contribution in [0.2, 0.25) is 0 Å². The van der Waals surface area contributed by atoms with Crippen LogP contribution < -0.4 is 0 Å². The summed E-state index contributed by atoms with van der Waals surface area (Å²) in [6, 6.07) is 4.46. The summed E-state index contributed by atoms with van der Waals surface area (Å²) < 4.78 is 36.9. The van der Waals surface area contributed by atoms with E-state index in [1.807, 2.05) is 0 Å². The summed E-state index contributed by atoms with van der Waals surface area (Å²) in [4.78, 5) is 0.